The number of nitrogens with one attached hydrogen (secondary N) is 1. The van der Waals surface area contributed by atoms with Crippen LogP contribution in [0, 0.1) is 0 Å². The maximum absolute atomic E-state index is 11.2. The van der Waals surface area contributed by atoms with Crippen LogP contribution < -0.4 is 25.3 Å². The Morgan fingerprint density at radius 2 is 2.25 bits per heavy atom. The van der Waals surface area contributed by atoms with Gasteiger partial charge in [0.1, 0.15) is 5.75 Å². The van der Waals surface area contributed by atoms with Gasteiger partial charge in [-0.2, -0.15) is 0 Å². The van der Waals surface area contributed by atoms with Crippen LogP contribution in [-0.4, -0.2) is 26.0 Å². The molecule has 86 valence electrons. The van der Waals surface area contributed by atoms with Gasteiger partial charge in [-0.05, 0) is 12.1 Å². The van der Waals surface area contributed by atoms with Gasteiger partial charge in [0, 0.05) is 19.2 Å². The van der Waals surface area contributed by atoms with E-state index in [4.69, 9.17) is 19.9 Å². The van der Waals surface area contributed by atoms with Crippen LogP contribution in [0.1, 0.15) is 0 Å². The number of nitrogens with two attached hydrogens (primary N) is 1. The van der Waals surface area contributed by atoms with Gasteiger partial charge in [-0.3, -0.25) is 0 Å². The number of carbonyl (C=O) groups is 1. The molecule has 1 aromatic rings. The fourth-order valence-corrected chi connectivity index (χ4v) is 1.26. The Morgan fingerprint density at radius 1 is 1.44 bits per heavy atom. The number of fused-ring (bicyclic) bond motifs is 1. The van der Waals surface area contributed by atoms with E-state index in [0.29, 0.717) is 30.3 Å². The predicted molar refractivity (Wildman–Crippen MR) is 55.6 cm³/mol. The minimum absolute atomic E-state index is 0.193. The van der Waals surface area contributed by atoms with E-state index in [9.17, 15) is 4.79 Å². The average molecular weight is 224 g/mol. The Morgan fingerprint density at radius 3 is 3.06 bits per heavy atom. The van der Waals surface area contributed by atoms with Crippen LogP contribution in [0.25, 0.3) is 0 Å². The Labute approximate surface area is 92.3 Å². The van der Waals surface area contributed by atoms with Crippen molar-refractivity contribution in [2.75, 3.05) is 19.9 Å². The molecule has 1 aliphatic heterocycles. The number of ether oxygens (including phenoxy) is 3. The van der Waals surface area contributed by atoms with E-state index in [2.05, 4.69) is 5.32 Å². The molecule has 1 heterocycles. The van der Waals surface area contributed by atoms with E-state index >= 15 is 0 Å². The van der Waals surface area contributed by atoms with Crippen LogP contribution >= 0.6 is 0 Å². The van der Waals surface area contributed by atoms with E-state index in [1.165, 1.54) is 0 Å². The maximum atomic E-state index is 11.2. The largest absolute Gasteiger partial charge is 0.454 e. The zero-order valence-electron chi connectivity index (χ0n) is 8.56. The molecule has 0 unspecified atom stereocenters. The van der Waals surface area contributed by atoms with Crippen LogP contribution in [0.5, 0.6) is 17.2 Å². The molecule has 0 saturated carbocycles. The van der Waals surface area contributed by atoms with E-state index in [0.717, 1.165) is 0 Å². The van der Waals surface area contributed by atoms with Crippen molar-refractivity contribution in [3.63, 3.8) is 0 Å². The SMILES string of the molecule is NCCNC(=O)Oc1ccc2c(c1)OCO2. The third-order valence-electron chi connectivity index (χ3n) is 1.97. The van der Waals surface area contributed by atoms with Crippen LogP contribution in [0.3, 0.4) is 0 Å². The summed E-state index contributed by atoms with van der Waals surface area (Å²) >= 11 is 0. The highest BCUT2D eigenvalue weighted by atomic mass is 16.7. The normalized spacial score (nSPS) is 12.3. The van der Waals surface area contributed by atoms with Gasteiger partial charge in [-0.15, -0.1) is 0 Å². The summed E-state index contributed by atoms with van der Waals surface area (Å²) in [6.45, 7) is 0.942. The molecule has 0 atom stereocenters. The van der Waals surface area contributed by atoms with Gasteiger partial charge < -0.3 is 25.3 Å². The van der Waals surface area contributed by atoms with Crippen LogP contribution in [0.4, 0.5) is 4.79 Å². The second-order valence-electron chi connectivity index (χ2n) is 3.12. The lowest BCUT2D eigenvalue weighted by atomic mass is 10.3. The Kier molecular flexibility index (Phi) is 3.11. The molecule has 0 spiro atoms. The summed E-state index contributed by atoms with van der Waals surface area (Å²) in [7, 11) is 0. The third kappa shape index (κ3) is 2.34. The molecule has 6 heteroatoms. The first-order valence-electron chi connectivity index (χ1n) is 4.85. The molecule has 16 heavy (non-hydrogen) atoms. The van der Waals surface area contributed by atoms with Crippen molar-refractivity contribution in [1.29, 1.82) is 0 Å². The Hall–Kier alpha value is -1.95. The Balaban J connectivity index is 1.97. The van der Waals surface area contributed by atoms with E-state index in [1.54, 1.807) is 18.2 Å². The highest BCUT2D eigenvalue weighted by Gasteiger charge is 2.14. The number of amides is 1. The lowest BCUT2D eigenvalue weighted by Crippen LogP contribution is -2.31. The summed E-state index contributed by atoms with van der Waals surface area (Å²) in [4.78, 5) is 11.2. The molecule has 1 amide bonds. The first-order valence-corrected chi connectivity index (χ1v) is 4.85. The summed E-state index contributed by atoms with van der Waals surface area (Å²) in [6, 6.07) is 4.92. The van der Waals surface area contributed by atoms with Gasteiger partial charge in [-0.1, -0.05) is 0 Å². The summed E-state index contributed by atoms with van der Waals surface area (Å²) in [5.74, 6) is 1.62. The second-order valence-corrected chi connectivity index (χ2v) is 3.12. The van der Waals surface area contributed by atoms with E-state index in [1.807, 2.05) is 0 Å². The molecule has 1 aromatic carbocycles. The lowest BCUT2D eigenvalue weighted by molar-refractivity contribution is 0.174. The number of benzene rings is 1. The van der Waals surface area contributed by atoms with Crippen LogP contribution in [0.15, 0.2) is 18.2 Å². The van der Waals surface area contributed by atoms with Crippen molar-refractivity contribution >= 4 is 6.09 Å². The van der Waals surface area contributed by atoms with Crippen molar-refractivity contribution in [2.45, 2.75) is 0 Å². The maximum Gasteiger partial charge on any atom is 0.412 e. The van der Waals surface area contributed by atoms with Crippen molar-refractivity contribution in [3.8, 4) is 17.2 Å². The fourth-order valence-electron chi connectivity index (χ4n) is 1.26. The van der Waals surface area contributed by atoms with Gasteiger partial charge in [0.2, 0.25) is 6.79 Å². The van der Waals surface area contributed by atoms with Crippen molar-refractivity contribution in [1.82, 2.24) is 5.32 Å². The number of hydrogen-bond acceptors (Lipinski definition) is 5. The summed E-state index contributed by atoms with van der Waals surface area (Å²) in [6.07, 6.45) is -0.538. The molecule has 0 aromatic heterocycles. The molecule has 2 rings (SSSR count). The smallest absolute Gasteiger partial charge is 0.412 e. The monoisotopic (exact) mass is 224 g/mol. The van der Waals surface area contributed by atoms with Crippen molar-refractivity contribution in [3.05, 3.63) is 18.2 Å². The molecule has 6 nitrogen and oxygen atoms in total. The third-order valence-corrected chi connectivity index (χ3v) is 1.97. The molecule has 0 saturated heterocycles. The van der Waals surface area contributed by atoms with Crippen molar-refractivity contribution < 1.29 is 19.0 Å². The van der Waals surface area contributed by atoms with Gasteiger partial charge >= 0.3 is 6.09 Å². The molecule has 3 N–H and O–H groups in total. The first-order chi connectivity index (χ1) is 7.79. The van der Waals surface area contributed by atoms with Gasteiger partial charge in [-0.25, -0.2) is 4.79 Å². The molecule has 0 bridgehead atoms. The zero-order valence-corrected chi connectivity index (χ0v) is 8.56. The first kappa shape index (κ1) is 10.6. The number of rotatable bonds is 3. The van der Waals surface area contributed by atoms with E-state index < -0.39 is 6.09 Å². The summed E-state index contributed by atoms with van der Waals surface area (Å²) in [5, 5.41) is 2.49. The molecule has 0 radical (unpaired) electrons. The summed E-state index contributed by atoms with van der Waals surface area (Å²) < 4.78 is 15.3. The quantitative estimate of drug-likeness (QED) is 0.779. The van der Waals surface area contributed by atoms with Gasteiger partial charge in [0.15, 0.2) is 11.5 Å². The highest BCUT2D eigenvalue weighted by Crippen LogP contribution is 2.34. The van der Waals surface area contributed by atoms with Crippen LogP contribution in [-0.2, 0) is 0 Å². The molecular weight excluding hydrogens is 212 g/mol. The number of carbonyl (C=O) groups excluding carboxylic acids is 1. The highest BCUT2D eigenvalue weighted by molar-refractivity contribution is 5.70. The molecular formula is C10H12N2O4. The van der Waals surface area contributed by atoms with Crippen LogP contribution in [0.2, 0.25) is 0 Å². The van der Waals surface area contributed by atoms with Gasteiger partial charge in [0.25, 0.3) is 0 Å². The van der Waals surface area contributed by atoms with Gasteiger partial charge in [0.05, 0.1) is 0 Å². The lowest BCUT2D eigenvalue weighted by Gasteiger charge is -2.05. The minimum atomic E-state index is -0.538. The Bertz CT molecular complexity index is 394. The summed E-state index contributed by atoms with van der Waals surface area (Å²) in [5.41, 5.74) is 5.24. The minimum Gasteiger partial charge on any atom is -0.454 e. The number of hydrogen-bond donors (Lipinski definition) is 2. The van der Waals surface area contributed by atoms with Crippen molar-refractivity contribution in [2.24, 2.45) is 5.73 Å². The molecule has 1 aliphatic rings. The molecule has 0 fully saturated rings. The fraction of sp³-hybridized carbons (Fsp3) is 0.300. The predicted octanol–water partition coefficient (Wildman–Crippen LogP) is 0.462. The zero-order chi connectivity index (χ0) is 11.4. The molecule has 0 aliphatic carbocycles. The van der Waals surface area contributed by atoms with E-state index in [-0.39, 0.29) is 6.79 Å². The topological polar surface area (TPSA) is 82.8 Å². The second kappa shape index (κ2) is 4.71. The standard InChI is InChI=1S/C10H12N2O4/c11-3-4-12-10(13)16-7-1-2-8-9(5-7)15-6-14-8/h1-2,5H,3-4,6,11H2,(H,12,13). The average Bonchev–Trinajstić information content (AvgIpc) is 2.73.